The van der Waals surface area contributed by atoms with Crippen LogP contribution in [0.25, 0.3) is 160 Å². The fourth-order valence-corrected chi connectivity index (χ4v) is 11.2. The number of rotatable bonds is 4. The van der Waals surface area contributed by atoms with Crippen molar-refractivity contribution in [3.63, 3.8) is 0 Å². The SMILES string of the molecule is c1ccc2cc3c(cc2c1)c1c2ccccc2ccc1n3-c1ccc2c(c1)cc(-c1nc(-c3ccc4oc5ccccc5c4c3)nc(-c3cccc4c3oc3ccccc34)n1)c1oc3ccccc3c12. The van der Waals surface area contributed by atoms with Crippen LogP contribution in [0.5, 0.6) is 0 Å². The van der Waals surface area contributed by atoms with Crippen LogP contribution in [-0.2, 0) is 0 Å². The second-order valence-corrected chi connectivity index (χ2v) is 18.3. The Morgan fingerprint density at radius 3 is 1.74 bits per heavy atom. The van der Waals surface area contributed by atoms with E-state index in [1.165, 1.54) is 32.3 Å². The first kappa shape index (κ1) is 37.5. The largest absolute Gasteiger partial charge is 0.456 e. The van der Waals surface area contributed by atoms with Gasteiger partial charge in [-0.25, -0.2) is 15.0 Å². The monoisotopic (exact) mass is 894 g/mol. The van der Waals surface area contributed by atoms with Crippen LogP contribution in [0.3, 0.4) is 0 Å². The maximum atomic E-state index is 6.91. The molecule has 0 aliphatic carbocycles. The Labute approximate surface area is 397 Å². The summed E-state index contributed by atoms with van der Waals surface area (Å²) < 4.78 is 22.2. The first-order valence-electron chi connectivity index (χ1n) is 23.5. The number of furan rings is 3. The van der Waals surface area contributed by atoms with Crippen molar-refractivity contribution in [1.82, 2.24) is 19.5 Å². The minimum absolute atomic E-state index is 0.483. The van der Waals surface area contributed by atoms with Gasteiger partial charge in [-0.1, -0.05) is 127 Å². The number of nitrogens with zero attached hydrogens (tertiary/aromatic N) is 4. The number of hydrogen-bond donors (Lipinski definition) is 0. The van der Waals surface area contributed by atoms with Crippen LogP contribution in [0, 0.1) is 0 Å². The van der Waals surface area contributed by atoms with Crippen molar-refractivity contribution in [1.29, 1.82) is 0 Å². The van der Waals surface area contributed by atoms with E-state index in [2.05, 4.69) is 138 Å². The van der Waals surface area contributed by atoms with Crippen LogP contribution in [0.2, 0.25) is 0 Å². The number of hydrogen-bond acceptors (Lipinski definition) is 6. The molecule has 0 unspecified atom stereocenters. The summed E-state index contributed by atoms with van der Waals surface area (Å²) in [5, 5.41) is 15.5. The molecule has 0 N–H and O–H groups in total. The van der Waals surface area contributed by atoms with Crippen LogP contribution >= 0.6 is 0 Å². The topological polar surface area (TPSA) is 83.0 Å². The molecule has 16 aromatic rings. The molecule has 7 heteroatoms. The smallest absolute Gasteiger partial charge is 0.167 e. The summed E-state index contributed by atoms with van der Waals surface area (Å²) in [7, 11) is 0. The molecule has 0 atom stereocenters. The van der Waals surface area contributed by atoms with Crippen LogP contribution in [0.1, 0.15) is 0 Å². The van der Waals surface area contributed by atoms with E-state index in [0.29, 0.717) is 28.6 Å². The predicted octanol–water partition coefficient (Wildman–Crippen LogP) is 17.1. The Balaban J connectivity index is 0.988. The van der Waals surface area contributed by atoms with E-state index in [0.717, 1.165) is 98.8 Å². The average molecular weight is 895 g/mol. The van der Waals surface area contributed by atoms with E-state index in [1.807, 2.05) is 72.8 Å². The van der Waals surface area contributed by atoms with Gasteiger partial charge in [-0.05, 0) is 111 Å². The highest BCUT2D eigenvalue weighted by Crippen LogP contribution is 2.45. The second-order valence-electron chi connectivity index (χ2n) is 18.3. The molecule has 11 aromatic carbocycles. The lowest BCUT2D eigenvalue weighted by atomic mass is 9.99. The summed E-state index contributed by atoms with van der Waals surface area (Å²) in [6.45, 7) is 0. The van der Waals surface area contributed by atoms with E-state index in [1.54, 1.807) is 0 Å². The highest BCUT2D eigenvalue weighted by molar-refractivity contribution is 6.25. The van der Waals surface area contributed by atoms with Crippen molar-refractivity contribution in [2.75, 3.05) is 0 Å². The van der Waals surface area contributed by atoms with E-state index < -0.39 is 0 Å². The van der Waals surface area contributed by atoms with Gasteiger partial charge in [-0.15, -0.1) is 0 Å². The van der Waals surface area contributed by atoms with E-state index in [4.69, 9.17) is 28.2 Å². The molecule has 70 heavy (non-hydrogen) atoms. The highest BCUT2D eigenvalue weighted by atomic mass is 16.3. The normalized spacial score (nSPS) is 12.3. The summed E-state index contributed by atoms with van der Waals surface area (Å²) in [4.78, 5) is 16.1. The van der Waals surface area contributed by atoms with Crippen LogP contribution in [0.4, 0.5) is 0 Å². The van der Waals surface area contributed by atoms with Gasteiger partial charge in [0.15, 0.2) is 17.5 Å². The molecule has 0 amide bonds. The molecule has 5 heterocycles. The minimum atomic E-state index is 0.483. The fourth-order valence-electron chi connectivity index (χ4n) is 11.2. The molecule has 0 fully saturated rings. The van der Waals surface area contributed by atoms with Gasteiger partial charge in [0.25, 0.3) is 0 Å². The molecule has 5 aromatic heterocycles. The molecule has 16 rings (SSSR count). The number of benzene rings is 11. The van der Waals surface area contributed by atoms with Crippen molar-refractivity contribution >= 4 is 120 Å². The standard InChI is InChI=1S/C63H34N4O3/c1-2-14-37-34-52-49(31-36(37)13-1)57-41-15-4-3-12-35(41)24-28-51(57)67(52)40-26-27-42-39(30-40)33-50(60-58(42)46-18-7-10-23-55(46)70-60)63-65-61(38-25-29-56-48(32-38)44-17-6-8-21-53(44)68-56)64-62(66-63)47-20-11-19-45-43-16-5-9-22-54(43)69-59(45)47/h1-34H. The molecule has 0 aliphatic heterocycles. The van der Waals surface area contributed by atoms with Gasteiger partial charge >= 0.3 is 0 Å². The van der Waals surface area contributed by atoms with Gasteiger partial charge < -0.3 is 17.8 Å². The summed E-state index contributed by atoms with van der Waals surface area (Å²) in [5.41, 5.74) is 10.3. The summed E-state index contributed by atoms with van der Waals surface area (Å²) >= 11 is 0. The summed E-state index contributed by atoms with van der Waals surface area (Å²) in [6.07, 6.45) is 0. The van der Waals surface area contributed by atoms with Gasteiger partial charge in [0.05, 0.1) is 22.2 Å². The maximum Gasteiger partial charge on any atom is 0.167 e. The van der Waals surface area contributed by atoms with Gasteiger partial charge in [0.1, 0.15) is 33.5 Å². The Bertz CT molecular complexity index is 4920. The minimum Gasteiger partial charge on any atom is -0.456 e. The van der Waals surface area contributed by atoms with Crippen molar-refractivity contribution < 1.29 is 13.3 Å². The fraction of sp³-hybridized carbons (Fsp3) is 0. The lowest BCUT2D eigenvalue weighted by molar-refractivity contribution is 0.668. The third-order valence-electron chi connectivity index (χ3n) is 14.4. The zero-order valence-electron chi connectivity index (χ0n) is 37.1. The lowest BCUT2D eigenvalue weighted by Gasteiger charge is -2.13. The average Bonchev–Trinajstić information content (AvgIpc) is 4.19. The molecule has 0 spiro atoms. The molecular weight excluding hydrogens is 861 g/mol. The first-order valence-corrected chi connectivity index (χ1v) is 23.5. The van der Waals surface area contributed by atoms with E-state index >= 15 is 0 Å². The van der Waals surface area contributed by atoms with Crippen molar-refractivity contribution in [2.45, 2.75) is 0 Å². The molecule has 324 valence electrons. The highest BCUT2D eigenvalue weighted by Gasteiger charge is 2.24. The lowest BCUT2D eigenvalue weighted by Crippen LogP contribution is -2.01. The molecule has 0 saturated heterocycles. The Morgan fingerprint density at radius 2 is 0.914 bits per heavy atom. The van der Waals surface area contributed by atoms with Gasteiger partial charge in [0.2, 0.25) is 0 Å². The number of para-hydroxylation sites is 4. The van der Waals surface area contributed by atoms with Crippen LogP contribution in [-0.4, -0.2) is 19.5 Å². The summed E-state index contributed by atoms with van der Waals surface area (Å²) in [5.74, 6) is 1.49. The Morgan fingerprint density at radius 1 is 0.300 bits per heavy atom. The molecule has 0 saturated carbocycles. The Hall–Kier alpha value is -9.59. The second kappa shape index (κ2) is 14.0. The predicted molar refractivity (Wildman–Crippen MR) is 285 cm³/mol. The Kier molecular flexibility index (Phi) is 7.49. The third-order valence-corrected chi connectivity index (χ3v) is 14.4. The zero-order valence-corrected chi connectivity index (χ0v) is 37.1. The molecule has 0 aliphatic rings. The van der Waals surface area contributed by atoms with E-state index in [-0.39, 0.29) is 0 Å². The molecule has 0 bridgehead atoms. The maximum absolute atomic E-state index is 6.91. The number of aromatic nitrogens is 4. The van der Waals surface area contributed by atoms with Crippen molar-refractivity contribution in [2.24, 2.45) is 0 Å². The molecular formula is C63H34N4O3. The first-order chi connectivity index (χ1) is 34.7. The van der Waals surface area contributed by atoms with Crippen molar-refractivity contribution in [3.8, 4) is 39.9 Å². The summed E-state index contributed by atoms with van der Waals surface area (Å²) in [6, 6.07) is 72.3. The molecule has 7 nitrogen and oxygen atoms in total. The van der Waals surface area contributed by atoms with Gasteiger partial charge in [-0.2, -0.15) is 0 Å². The van der Waals surface area contributed by atoms with Crippen LogP contribution in [0.15, 0.2) is 220 Å². The number of fused-ring (bicyclic) bond motifs is 17. The zero-order chi connectivity index (χ0) is 45.6. The van der Waals surface area contributed by atoms with Gasteiger partial charge in [0, 0.05) is 54.3 Å². The third kappa shape index (κ3) is 5.31. The van der Waals surface area contributed by atoms with E-state index in [9.17, 15) is 0 Å². The van der Waals surface area contributed by atoms with Crippen molar-refractivity contribution in [3.05, 3.63) is 206 Å². The van der Waals surface area contributed by atoms with Crippen LogP contribution < -0.4 is 0 Å². The quantitative estimate of drug-likeness (QED) is 0.175. The molecule has 0 radical (unpaired) electrons. The van der Waals surface area contributed by atoms with Gasteiger partial charge in [-0.3, -0.25) is 0 Å².